The molecule has 134 valence electrons. The van der Waals surface area contributed by atoms with Crippen LogP contribution < -0.4 is 0 Å². The van der Waals surface area contributed by atoms with E-state index in [-0.39, 0.29) is 42.0 Å². The molecule has 10 heteroatoms. The van der Waals surface area contributed by atoms with Crippen LogP contribution >= 0.6 is 34.8 Å². The smallest absolute Gasteiger partial charge is 0.270 e. The van der Waals surface area contributed by atoms with Crippen LogP contribution in [0.25, 0.3) is 0 Å². The summed E-state index contributed by atoms with van der Waals surface area (Å²) in [6, 6.07) is 5.85. The zero-order valence-electron chi connectivity index (χ0n) is 12.9. The summed E-state index contributed by atoms with van der Waals surface area (Å²) < 4.78 is 26.8. The summed E-state index contributed by atoms with van der Waals surface area (Å²) in [4.78, 5) is 16.7. The van der Waals surface area contributed by atoms with Gasteiger partial charge >= 0.3 is 0 Å². The zero-order valence-corrected chi connectivity index (χ0v) is 16.0. The summed E-state index contributed by atoms with van der Waals surface area (Å²) in [6.45, 7) is 0.885. The predicted molar refractivity (Wildman–Crippen MR) is 96.9 cm³/mol. The molecule has 0 saturated carbocycles. The molecule has 1 fully saturated rings. The molecule has 0 unspecified atom stereocenters. The second-order valence-electron chi connectivity index (χ2n) is 5.50. The maximum atomic E-state index is 12.8. The lowest BCUT2D eigenvalue weighted by molar-refractivity contribution is 0.0692. The second-order valence-corrected chi connectivity index (χ2v) is 8.69. The molecule has 1 N–H and O–H groups in total. The Kier molecular flexibility index (Phi) is 5.31. The number of benzene rings is 1. The van der Waals surface area contributed by atoms with E-state index in [0.29, 0.717) is 15.7 Å². The lowest BCUT2D eigenvalue weighted by Gasteiger charge is -2.34. The quantitative estimate of drug-likeness (QED) is 0.826. The Bertz CT molecular complexity index is 906. The van der Waals surface area contributed by atoms with Gasteiger partial charge in [0.15, 0.2) is 0 Å². The molecule has 0 radical (unpaired) electrons. The van der Waals surface area contributed by atoms with E-state index in [1.807, 2.05) is 0 Å². The molecule has 1 amide bonds. The number of hydrogen-bond donors (Lipinski definition) is 1. The highest BCUT2D eigenvalue weighted by Crippen LogP contribution is 2.28. The number of nitrogens with zero attached hydrogens (tertiary/aromatic N) is 2. The molecule has 0 spiro atoms. The van der Waals surface area contributed by atoms with Crippen molar-refractivity contribution in [1.82, 2.24) is 14.2 Å². The number of halogens is 3. The van der Waals surface area contributed by atoms with Gasteiger partial charge in [-0.25, -0.2) is 8.42 Å². The lowest BCUT2D eigenvalue weighted by atomic mass is 10.3. The highest BCUT2D eigenvalue weighted by Gasteiger charge is 2.32. The van der Waals surface area contributed by atoms with Crippen molar-refractivity contribution in [3.63, 3.8) is 0 Å². The SMILES string of the molecule is O=C(c1cc(Cl)c[nH]1)N1CCN(S(=O)(=O)c2cc(Cl)ccc2Cl)CC1. The summed E-state index contributed by atoms with van der Waals surface area (Å²) in [7, 11) is -3.77. The molecule has 0 bridgehead atoms. The van der Waals surface area contributed by atoms with Crippen LogP contribution in [0.15, 0.2) is 35.4 Å². The Hall–Kier alpha value is -1.25. The Morgan fingerprint density at radius 2 is 1.68 bits per heavy atom. The normalized spacial score (nSPS) is 16.2. The molecule has 2 heterocycles. The largest absolute Gasteiger partial charge is 0.356 e. The number of aromatic amines is 1. The molecule has 0 aliphatic carbocycles. The Morgan fingerprint density at radius 3 is 2.28 bits per heavy atom. The van der Waals surface area contributed by atoms with E-state index in [9.17, 15) is 13.2 Å². The fourth-order valence-electron chi connectivity index (χ4n) is 2.61. The van der Waals surface area contributed by atoms with Crippen LogP contribution in [0.5, 0.6) is 0 Å². The fourth-order valence-corrected chi connectivity index (χ4v) is 4.93. The summed E-state index contributed by atoms with van der Waals surface area (Å²) in [5, 5.41) is 0.851. The van der Waals surface area contributed by atoms with Crippen molar-refractivity contribution in [2.24, 2.45) is 0 Å². The molecule has 3 rings (SSSR count). The van der Waals surface area contributed by atoms with E-state index < -0.39 is 10.0 Å². The minimum absolute atomic E-state index is 0.0300. The Morgan fingerprint density at radius 1 is 1.00 bits per heavy atom. The zero-order chi connectivity index (χ0) is 18.2. The molecule has 6 nitrogen and oxygen atoms in total. The van der Waals surface area contributed by atoms with E-state index in [1.165, 1.54) is 28.7 Å². The molecule has 1 aliphatic rings. The highest BCUT2D eigenvalue weighted by atomic mass is 35.5. The van der Waals surface area contributed by atoms with Crippen LogP contribution in [0.2, 0.25) is 15.1 Å². The molecule has 1 aliphatic heterocycles. The summed E-state index contributed by atoms with van der Waals surface area (Å²) in [5.41, 5.74) is 0.374. The first kappa shape index (κ1) is 18.5. The fraction of sp³-hybridized carbons (Fsp3) is 0.267. The number of nitrogens with one attached hydrogen (secondary N) is 1. The number of sulfonamides is 1. The van der Waals surface area contributed by atoms with Gasteiger partial charge in [-0.15, -0.1) is 0 Å². The number of hydrogen-bond acceptors (Lipinski definition) is 3. The summed E-state index contributed by atoms with van der Waals surface area (Å²) in [5.74, 6) is -0.218. The van der Waals surface area contributed by atoms with Crippen LogP contribution in [0.3, 0.4) is 0 Å². The maximum Gasteiger partial charge on any atom is 0.270 e. The van der Waals surface area contributed by atoms with Gasteiger partial charge in [-0.2, -0.15) is 4.31 Å². The average molecular weight is 423 g/mol. The molecule has 0 atom stereocenters. The predicted octanol–water partition coefficient (Wildman–Crippen LogP) is 3.12. The van der Waals surface area contributed by atoms with Crippen molar-refractivity contribution < 1.29 is 13.2 Å². The average Bonchev–Trinajstić information content (AvgIpc) is 3.03. The topological polar surface area (TPSA) is 73.5 Å². The van der Waals surface area contributed by atoms with Crippen LogP contribution in [-0.4, -0.2) is 54.7 Å². The number of carbonyl (C=O) groups is 1. The molecule has 25 heavy (non-hydrogen) atoms. The van der Waals surface area contributed by atoms with Gasteiger partial charge in [-0.3, -0.25) is 4.79 Å². The van der Waals surface area contributed by atoms with Gasteiger partial charge in [-0.1, -0.05) is 34.8 Å². The van der Waals surface area contributed by atoms with E-state index in [0.717, 1.165) is 0 Å². The third kappa shape index (κ3) is 3.80. The first-order valence-electron chi connectivity index (χ1n) is 7.37. The van der Waals surface area contributed by atoms with Gasteiger partial charge in [-0.05, 0) is 24.3 Å². The van der Waals surface area contributed by atoms with E-state index in [1.54, 1.807) is 11.0 Å². The van der Waals surface area contributed by atoms with Gasteiger partial charge in [0.05, 0.1) is 10.0 Å². The summed E-state index contributed by atoms with van der Waals surface area (Å²) in [6.07, 6.45) is 1.52. The van der Waals surface area contributed by atoms with Gasteiger partial charge < -0.3 is 9.88 Å². The maximum absolute atomic E-state index is 12.8. The Balaban J connectivity index is 1.73. The minimum Gasteiger partial charge on any atom is -0.356 e. The molecular weight excluding hydrogens is 409 g/mol. The van der Waals surface area contributed by atoms with Crippen LogP contribution in [0.4, 0.5) is 0 Å². The molecular formula is C15H14Cl3N3O3S. The van der Waals surface area contributed by atoms with Crippen LogP contribution in [0.1, 0.15) is 10.5 Å². The van der Waals surface area contributed by atoms with Crippen molar-refractivity contribution >= 4 is 50.7 Å². The second kappa shape index (κ2) is 7.17. The third-order valence-electron chi connectivity index (χ3n) is 3.92. The van der Waals surface area contributed by atoms with Gasteiger partial charge in [0.1, 0.15) is 10.6 Å². The number of H-pyrrole nitrogens is 1. The van der Waals surface area contributed by atoms with Gasteiger partial charge in [0, 0.05) is 37.4 Å². The molecule has 2 aromatic rings. The summed E-state index contributed by atoms with van der Waals surface area (Å²) >= 11 is 17.7. The van der Waals surface area contributed by atoms with E-state index in [2.05, 4.69) is 4.98 Å². The number of aromatic nitrogens is 1. The van der Waals surface area contributed by atoms with E-state index in [4.69, 9.17) is 34.8 Å². The van der Waals surface area contributed by atoms with Crippen LogP contribution in [-0.2, 0) is 10.0 Å². The third-order valence-corrected chi connectivity index (χ3v) is 6.75. The van der Waals surface area contributed by atoms with Crippen molar-refractivity contribution in [2.45, 2.75) is 4.90 Å². The van der Waals surface area contributed by atoms with Crippen molar-refractivity contribution in [2.75, 3.05) is 26.2 Å². The monoisotopic (exact) mass is 421 g/mol. The van der Waals surface area contributed by atoms with Gasteiger partial charge in [0.2, 0.25) is 10.0 Å². The highest BCUT2D eigenvalue weighted by molar-refractivity contribution is 7.89. The first-order chi connectivity index (χ1) is 11.8. The first-order valence-corrected chi connectivity index (χ1v) is 9.95. The number of carbonyl (C=O) groups excluding carboxylic acids is 1. The van der Waals surface area contributed by atoms with Crippen molar-refractivity contribution in [3.05, 3.63) is 51.2 Å². The minimum atomic E-state index is -3.77. The van der Waals surface area contributed by atoms with Crippen molar-refractivity contribution in [1.29, 1.82) is 0 Å². The number of rotatable bonds is 3. The van der Waals surface area contributed by atoms with Crippen LogP contribution in [0, 0.1) is 0 Å². The van der Waals surface area contributed by atoms with Crippen molar-refractivity contribution in [3.8, 4) is 0 Å². The number of piperazine rings is 1. The Labute approximate surface area is 160 Å². The molecule has 1 saturated heterocycles. The number of amides is 1. The standard InChI is InChI=1S/C15H14Cl3N3O3S/c16-10-1-2-12(18)14(8-10)25(23,24)21-5-3-20(4-6-21)15(22)13-7-11(17)9-19-13/h1-2,7-9,19H,3-6H2. The van der Waals surface area contributed by atoms with Gasteiger partial charge in [0.25, 0.3) is 5.91 Å². The van der Waals surface area contributed by atoms with E-state index >= 15 is 0 Å². The lowest BCUT2D eigenvalue weighted by Crippen LogP contribution is -2.50. The molecule has 1 aromatic carbocycles. The molecule has 1 aromatic heterocycles.